The van der Waals surface area contributed by atoms with Gasteiger partial charge >= 0.3 is 0 Å². The fourth-order valence-corrected chi connectivity index (χ4v) is 9.25. The number of hydrogen-bond donors (Lipinski definition) is 6. The zero-order valence-electron chi connectivity index (χ0n) is 20.8. The molecule has 4 saturated carbocycles. The molecule has 0 heterocycles. The minimum absolute atomic E-state index is 0.123. The molecule has 0 aromatic carbocycles. The summed E-state index contributed by atoms with van der Waals surface area (Å²) in [7, 11) is 0. The van der Waals surface area contributed by atoms with Gasteiger partial charge in [-0.2, -0.15) is 0 Å². The molecule has 6 nitrogen and oxygen atoms in total. The fourth-order valence-electron chi connectivity index (χ4n) is 9.25. The van der Waals surface area contributed by atoms with Gasteiger partial charge in [0.1, 0.15) is 0 Å². The molecule has 13 atom stereocenters. The highest BCUT2D eigenvalue weighted by molar-refractivity contribution is 5.21. The van der Waals surface area contributed by atoms with Crippen LogP contribution in [0.4, 0.5) is 0 Å². The van der Waals surface area contributed by atoms with Gasteiger partial charge in [-0.15, -0.1) is 0 Å². The van der Waals surface area contributed by atoms with Crippen LogP contribution >= 0.6 is 0 Å². The van der Waals surface area contributed by atoms with E-state index in [1.807, 2.05) is 0 Å². The first kappa shape index (κ1) is 25.6. The third-order valence-electron chi connectivity index (χ3n) is 10.8. The number of fused-ring (bicyclic) bond motifs is 5. The van der Waals surface area contributed by atoms with E-state index in [0.717, 1.165) is 19.3 Å². The zero-order chi connectivity index (χ0) is 24.3. The van der Waals surface area contributed by atoms with Gasteiger partial charge < -0.3 is 30.6 Å². The van der Waals surface area contributed by atoms with E-state index in [2.05, 4.69) is 39.8 Å². The Balaban J connectivity index is 1.64. The number of aliphatic hydroxyl groups excluding tert-OH is 5. The Morgan fingerprint density at radius 1 is 0.909 bits per heavy atom. The van der Waals surface area contributed by atoms with Crippen molar-refractivity contribution in [3.63, 3.8) is 0 Å². The topological polar surface area (TPSA) is 121 Å². The van der Waals surface area contributed by atoms with Crippen LogP contribution in [0.5, 0.6) is 0 Å². The van der Waals surface area contributed by atoms with E-state index in [9.17, 15) is 30.6 Å². The van der Waals surface area contributed by atoms with Crippen molar-refractivity contribution in [3.8, 4) is 0 Å². The SMILES string of the molecule is C[C@H](/C=C/[C@@H](C)[C@H]1C[C@@H](O)[C@@H]2[C@]1(C)CC[C@@H]1[C@@]3(C)CC[C@H](O)[C@H](O)[C@@H]3[C@@H](O)C[C@]12O)CCO. The van der Waals surface area contributed by atoms with Crippen molar-refractivity contribution in [1.82, 2.24) is 0 Å². The molecule has 190 valence electrons. The summed E-state index contributed by atoms with van der Waals surface area (Å²) in [4.78, 5) is 0. The van der Waals surface area contributed by atoms with Gasteiger partial charge in [-0.3, -0.25) is 0 Å². The maximum Gasteiger partial charge on any atom is 0.0857 e. The fraction of sp³-hybridized carbons (Fsp3) is 0.926. The van der Waals surface area contributed by atoms with Gasteiger partial charge in [0.05, 0.1) is 30.0 Å². The van der Waals surface area contributed by atoms with Crippen LogP contribution in [0.2, 0.25) is 0 Å². The van der Waals surface area contributed by atoms with Gasteiger partial charge in [0.2, 0.25) is 0 Å². The molecule has 0 amide bonds. The lowest BCUT2D eigenvalue weighted by Crippen LogP contribution is -2.70. The van der Waals surface area contributed by atoms with Crippen LogP contribution in [0, 0.1) is 46.3 Å². The molecular formula is C27H46O6. The first-order valence-corrected chi connectivity index (χ1v) is 13.1. The highest BCUT2D eigenvalue weighted by Gasteiger charge is 2.71. The summed E-state index contributed by atoms with van der Waals surface area (Å²) in [6.07, 6.45) is 5.34. The molecule has 4 aliphatic rings. The van der Waals surface area contributed by atoms with E-state index in [1.165, 1.54) is 0 Å². The molecule has 0 aromatic rings. The normalized spacial score (nSPS) is 53.9. The lowest BCUT2D eigenvalue weighted by atomic mass is 9.41. The zero-order valence-corrected chi connectivity index (χ0v) is 20.8. The second kappa shape index (κ2) is 8.86. The van der Waals surface area contributed by atoms with Crippen molar-refractivity contribution in [2.45, 2.75) is 103 Å². The number of hydrogen-bond acceptors (Lipinski definition) is 6. The highest BCUT2D eigenvalue weighted by atomic mass is 16.3. The molecule has 4 aliphatic carbocycles. The van der Waals surface area contributed by atoms with E-state index >= 15 is 0 Å². The smallest absolute Gasteiger partial charge is 0.0857 e. The second-order valence-electron chi connectivity index (χ2n) is 12.6. The molecule has 0 spiro atoms. The Hall–Kier alpha value is -0.500. The summed E-state index contributed by atoms with van der Waals surface area (Å²) >= 11 is 0. The van der Waals surface area contributed by atoms with Crippen LogP contribution in [0.15, 0.2) is 12.2 Å². The molecule has 4 rings (SSSR count). The molecule has 4 fully saturated rings. The van der Waals surface area contributed by atoms with Gasteiger partial charge in [0.25, 0.3) is 0 Å². The van der Waals surface area contributed by atoms with Crippen LogP contribution in [0.25, 0.3) is 0 Å². The number of allylic oxidation sites excluding steroid dienone is 2. The predicted molar refractivity (Wildman–Crippen MR) is 126 cm³/mol. The number of aliphatic hydroxyl groups is 6. The van der Waals surface area contributed by atoms with Crippen molar-refractivity contribution in [3.05, 3.63) is 12.2 Å². The molecule has 0 saturated heterocycles. The summed E-state index contributed by atoms with van der Waals surface area (Å²) < 4.78 is 0. The first-order valence-electron chi connectivity index (χ1n) is 13.1. The van der Waals surface area contributed by atoms with Crippen molar-refractivity contribution in [1.29, 1.82) is 0 Å². The van der Waals surface area contributed by atoms with Crippen LogP contribution < -0.4 is 0 Å². The van der Waals surface area contributed by atoms with E-state index < -0.39 is 41.3 Å². The predicted octanol–water partition coefficient (Wildman–Crippen LogP) is 2.24. The molecule has 0 aliphatic heterocycles. The van der Waals surface area contributed by atoms with Crippen molar-refractivity contribution < 1.29 is 30.6 Å². The lowest BCUT2D eigenvalue weighted by molar-refractivity contribution is -0.280. The Bertz CT molecular complexity index is 742. The largest absolute Gasteiger partial charge is 0.396 e. The van der Waals surface area contributed by atoms with E-state index in [4.69, 9.17) is 0 Å². The van der Waals surface area contributed by atoms with Gasteiger partial charge in [-0.05, 0) is 73.0 Å². The first-order chi connectivity index (χ1) is 15.4. The van der Waals surface area contributed by atoms with Crippen LogP contribution in [-0.2, 0) is 0 Å². The molecule has 0 aromatic heterocycles. The summed E-state index contributed by atoms with van der Waals surface area (Å²) in [5, 5.41) is 65.1. The summed E-state index contributed by atoms with van der Waals surface area (Å²) in [6, 6.07) is 0. The minimum atomic E-state index is -1.19. The van der Waals surface area contributed by atoms with Crippen LogP contribution in [0.1, 0.15) is 72.6 Å². The quantitative estimate of drug-likeness (QED) is 0.346. The molecular weight excluding hydrogens is 420 g/mol. The van der Waals surface area contributed by atoms with Gasteiger partial charge in [0, 0.05) is 24.9 Å². The Kier molecular flexibility index (Phi) is 6.87. The molecule has 6 N–H and O–H groups in total. The van der Waals surface area contributed by atoms with E-state index in [0.29, 0.717) is 25.2 Å². The van der Waals surface area contributed by atoms with Crippen molar-refractivity contribution in [2.75, 3.05) is 6.61 Å². The molecule has 33 heavy (non-hydrogen) atoms. The van der Waals surface area contributed by atoms with E-state index in [1.54, 1.807) is 0 Å². The standard InChI is InChI=1S/C27H46O6/c1-15(9-12-28)5-6-16(2)17-13-19(30)24-25(17,3)11-8-21-26(4)10-7-18(29)23(32)22(26)20(31)14-27(21,24)33/h5-6,15-24,28-33H,7-14H2,1-4H3/b6-5+/t15-,16-,17-,18+,19-,20+,21-,22+,23+,24-,25-,26-,27+/m1/s1. The Labute approximate surface area is 198 Å². The minimum Gasteiger partial charge on any atom is -0.396 e. The lowest BCUT2D eigenvalue weighted by Gasteiger charge is -2.66. The van der Waals surface area contributed by atoms with Crippen molar-refractivity contribution >= 4 is 0 Å². The summed E-state index contributed by atoms with van der Waals surface area (Å²) in [5.41, 5.74) is -1.92. The summed E-state index contributed by atoms with van der Waals surface area (Å²) in [6.45, 7) is 8.74. The molecule has 0 radical (unpaired) electrons. The average Bonchev–Trinajstić information content (AvgIpc) is 3.00. The van der Waals surface area contributed by atoms with Gasteiger partial charge in [-0.1, -0.05) is 39.8 Å². The maximum absolute atomic E-state index is 12.3. The highest BCUT2D eigenvalue weighted by Crippen LogP contribution is 2.69. The van der Waals surface area contributed by atoms with Crippen LogP contribution in [-0.4, -0.2) is 67.3 Å². The average molecular weight is 467 g/mol. The Morgan fingerprint density at radius 2 is 1.58 bits per heavy atom. The van der Waals surface area contributed by atoms with Gasteiger partial charge in [-0.25, -0.2) is 0 Å². The third kappa shape index (κ3) is 3.84. The summed E-state index contributed by atoms with van der Waals surface area (Å²) in [5.74, 6) is -0.148. The van der Waals surface area contributed by atoms with Gasteiger partial charge in [0.15, 0.2) is 0 Å². The van der Waals surface area contributed by atoms with Crippen LogP contribution in [0.3, 0.4) is 0 Å². The van der Waals surface area contributed by atoms with E-state index in [-0.39, 0.29) is 42.1 Å². The number of rotatable bonds is 5. The monoisotopic (exact) mass is 466 g/mol. The maximum atomic E-state index is 12.3. The Morgan fingerprint density at radius 3 is 2.24 bits per heavy atom. The molecule has 0 bridgehead atoms. The molecule has 0 unspecified atom stereocenters. The molecule has 6 heteroatoms. The second-order valence-corrected chi connectivity index (χ2v) is 12.6. The van der Waals surface area contributed by atoms with Crippen molar-refractivity contribution in [2.24, 2.45) is 46.3 Å². The third-order valence-corrected chi connectivity index (χ3v) is 10.8.